The van der Waals surface area contributed by atoms with Gasteiger partial charge in [-0.3, -0.25) is 0 Å². The van der Waals surface area contributed by atoms with Crippen LogP contribution in [0.3, 0.4) is 0 Å². The van der Waals surface area contributed by atoms with Crippen molar-refractivity contribution in [3.8, 4) is 0 Å². The molecule has 20 heavy (non-hydrogen) atoms. The van der Waals surface area contributed by atoms with Gasteiger partial charge in [-0.25, -0.2) is 4.39 Å². The molecule has 0 saturated carbocycles. The molecule has 1 aliphatic heterocycles. The fourth-order valence-electron chi connectivity index (χ4n) is 2.67. The fourth-order valence-corrected chi connectivity index (χ4v) is 4.62. The molecule has 1 heterocycles. The molecule has 2 atom stereocenters. The van der Waals surface area contributed by atoms with Gasteiger partial charge in [0.2, 0.25) is 0 Å². The first-order chi connectivity index (χ1) is 9.70. The van der Waals surface area contributed by atoms with Gasteiger partial charge >= 0.3 is 0 Å². The van der Waals surface area contributed by atoms with E-state index in [0.717, 1.165) is 23.9 Å². The van der Waals surface area contributed by atoms with E-state index < -0.39 is 0 Å². The van der Waals surface area contributed by atoms with Gasteiger partial charge in [-0.2, -0.15) is 11.8 Å². The first-order valence-corrected chi connectivity index (χ1v) is 9.33. The average Bonchev–Trinajstić information content (AvgIpc) is 2.46. The van der Waals surface area contributed by atoms with Crippen molar-refractivity contribution in [1.82, 2.24) is 5.32 Å². The average molecular weight is 360 g/mol. The fraction of sp³-hybridized carbons (Fsp3) is 0.625. The number of hydrogen-bond donors (Lipinski definition) is 1. The second kappa shape index (κ2) is 8.40. The number of nitrogens with one attached hydrogen (secondary N) is 1. The van der Waals surface area contributed by atoms with Crippen molar-refractivity contribution in [2.75, 3.05) is 12.3 Å². The lowest BCUT2D eigenvalue weighted by atomic mass is 9.99. The minimum atomic E-state index is -0.175. The maximum atomic E-state index is 13.2. The van der Waals surface area contributed by atoms with E-state index in [1.54, 1.807) is 12.1 Å². The molecule has 1 N–H and O–H groups in total. The second-order valence-corrected chi connectivity index (χ2v) is 7.61. The van der Waals surface area contributed by atoms with Gasteiger partial charge in [-0.05, 0) is 55.7 Å². The monoisotopic (exact) mass is 359 g/mol. The molecule has 0 radical (unpaired) electrons. The summed E-state index contributed by atoms with van der Waals surface area (Å²) in [6.45, 7) is 3.26. The third kappa shape index (κ3) is 4.74. The van der Waals surface area contributed by atoms with E-state index in [0.29, 0.717) is 11.3 Å². The van der Waals surface area contributed by atoms with Crippen molar-refractivity contribution in [3.63, 3.8) is 0 Å². The SMILES string of the molecule is CCCNC(Cc1ccc(F)cc1Br)C1CCCCS1. The molecule has 0 bridgehead atoms. The summed E-state index contributed by atoms with van der Waals surface area (Å²) in [5, 5.41) is 4.38. The zero-order chi connectivity index (χ0) is 14.4. The van der Waals surface area contributed by atoms with Gasteiger partial charge in [0.15, 0.2) is 0 Å². The molecule has 1 aromatic rings. The number of rotatable bonds is 6. The third-order valence-electron chi connectivity index (χ3n) is 3.78. The van der Waals surface area contributed by atoms with E-state index >= 15 is 0 Å². The molecule has 1 fully saturated rings. The minimum Gasteiger partial charge on any atom is -0.313 e. The molecule has 1 aliphatic rings. The molecular weight excluding hydrogens is 337 g/mol. The van der Waals surface area contributed by atoms with Crippen molar-refractivity contribution in [3.05, 3.63) is 34.1 Å². The Bertz CT molecular complexity index is 421. The zero-order valence-corrected chi connectivity index (χ0v) is 14.4. The maximum absolute atomic E-state index is 13.2. The van der Waals surface area contributed by atoms with Crippen LogP contribution < -0.4 is 5.32 Å². The summed E-state index contributed by atoms with van der Waals surface area (Å²) in [7, 11) is 0. The molecule has 1 saturated heterocycles. The Labute approximate surface area is 134 Å². The highest BCUT2D eigenvalue weighted by Gasteiger charge is 2.24. The summed E-state index contributed by atoms with van der Waals surface area (Å²) in [6.07, 6.45) is 6.11. The topological polar surface area (TPSA) is 12.0 Å². The van der Waals surface area contributed by atoms with Gasteiger partial charge in [0.25, 0.3) is 0 Å². The molecule has 0 aromatic heterocycles. The summed E-state index contributed by atoms with van der Waals surface area (Å²) >= 11 is 5.59. The number of halogens is 2. The number of thioether (sulfide) groups is 1. The van der Waals surface area contributed by atoms with E-state index in [4.69, 9.17) is 0 Å². The smallest absolute Gasteiger partial charge is 0.124 e. The normalized spacial score (nSPS) is 20.9. The zero-order valence-electron chi connectivity index (χ0n) is 12.0. The van der Waals surface area contributed by atoms with Gasteiger partial charge in [0.05, 0.1) is 0 Å². The van der Waals surface area contributed by atoms with Crippen LogP contribution in [0.4, 0.5) is 4.39 Å². The standard InChI is InChI=1S/C16H23BrFNS/c1-2-8-19-15(16-5-3-4-9-20-16)10-12-6-7-13(18)11-14(12)17/h6-7,11,15-16,19H,2-5,8-10H2,1H3. The molecule has 0 spiro atoms. The maximum Gasteiger partial charge on any atom is 0.124 e. The first-order valence-electron chi connectivity index (χ1n) is 7.49. The van der Waals surface area contributed by atoms with Crippen LogP contribution in [0.2, 0.25) is 0 Å². The first kappa shape index (κ1) is 16.3. The van der Waals surface area contributed by atoms with Gasteiger partial charge in [0.1, 0.15) is 5.82 Å². The Balaban J connectivity index is 2.05. The Morgan fingerprint density at radius 3 is 2.95 bits per heavy atom. The molecule has 112 valence electrons. The molecule has 0 aliphatic carbocycles. The molecule has 0 amide bonds. The predicted molar refractivity (Wildman–Crippen MR) is 90.0 cm³/mol. The number of benzene rings is 1. The van der Waals surface area contributed by atoms with Gasteiger partial charge < -0.3 is 5.32 Å². The van der Waals surface area contributed by atoms with Crippen molar-refractivity contribution in [2.24, 2.45) is 0 Å². The van der Waals surface area contributed by atoms with Crippen LogP contribution in [0.5, 0.6) is 0 Å². The summed E-state index contributed by atoms with van der Waals surface area (Å²) in [4.78, 5) is 0. The Morgan fingerprint density at radius 2 is 2.30 bits per heavy atom. The summed E-state index contributed by atoms with van der Waals surface area (Å²) in [6, 6.07) is 5.53. The second-order valence-electron chi connectivity index (χ2n) is 5.41. The highest BCUT2D eigenvalue weighted by atomic mass is 79.9. The molecule has 4 heteroatoms. The largest absolute Gasteiger partial charge is 0.313 e. The molecule has 1 nitrogen and oxygen atoms in total. The molecular formula is C16H23BrFNS. The van der Waals surface area contributed by atoms with Crippen LogP contribution in [0.25, 0.3) is 0 Å². The van der Waals surface area contributed by atoms with Crippen LogP contribution >= 0.6 is 27.7 Å². The quantitative estimate of drug-likeness (QED) is 0.783. The van der Waals surface area contributed by atoms with Crippen LogP contribution in [-0.2, 0) is 6.42 Å². The van der Waals surface area contributed by atoms with Crippen molar-refractivity contribution >= 4 is 27.7 Å². The summed E-state index contributed by atoms with van der Waals surface area (Å²) in [5.74, 6) is 1.10. The van der Waals surface area contributed by atoms with Crippen molar-refractivity contribution in [2.45, 2.75) is 50.3 Å². The van der Waals surface area contributed by atoms with Crippen LogP contribution in [0.15, 0.2) is 22.7 Å². The Kier molecular flexibility index (Phi) is 6.85. The lowest BCUT2D eigenvalue weighted by Gasteiger charge is -2.31. The highest BCUT2D eigenvalue weighted by Crippen LogP contribution is 2.30. The van der Waals surface area contributed by atoms with E-state index in [9.17, 15) is 4.39 Å². The van der Waals surface area contributed by atoms with E-state index in [1.165, 1.54) is 30.6 Å². The highest BCUT2D eigenvalue weighted by molar-refractivity contribution is 9.10. The molecule has 2 rings (SSSR count). The summed E-state index contributed by atoms with van der Waals surface area (Å²) in [5.41, 5.74) is 1.20. The van der Waals surface area contributed by atoms with Gasteiger partial charge in [-0.15, -0.1) is 0 Å². The van der Waals surface area contributed by atoms with Gasteiger partial charge in [-0.1, -0.05) is 35.3 Å². The predicted octanol–water partition coefficient (Wildman–Crippen LogP) is 4.78. The van der Waals surface area contributed by atoms with E-state index in [2.05, 4.69) is 39.9 Å². The lowest BCUT2D eigenvalue weighted by Crippen LogP contribution is -2.41. The van der Waals surface area contributed by atoms with E-state index in [-0.39, 0.29) is 5.82 Å². The molecule has 2 unspecified atom stereocenters. The van der Waals surface area contributed by atoms with Crippen molar-refractivity contribution in [1.29, 1.82) is 0 Å². The Hall–Kier alpha value is -0.0600. The van der Waals surface area contributed by atoms with Crippen LogP contribution in [0, 0.1) is 5.82 Å². The number of hydrogen-bond acceptors (Lipinski definition) is 2. The summed E-state index contributed by atoms with van der Waals surface area (Å²) < 4.78 is 14.1. The minimum absolute atomic E-state index is 0.175. The Morgan fingerprint density at radius 1 is 1.45 bits per heavy atom. The van der Waals surface area contributed by atoms with Gasteiger partial charge in [0, 0.05) is 15.8 Å². The molecule has 1 aromatic carbocycles. The lowest BCUT2D eigenvalue weighted by molar-refractivity contribution is 0.460. The van der Waals surface area contributed by atoms with Crippen molar-refractivity contribution < 1.29 is 4.39 Å². The van der Waals surface area contributed by atoms with Crippen LogP contribution in [0.1, 0.15) is 38.2 Å². The third-order valence-corrected chi connectivity index (χ3v) is 6.03. The van der Waals surface area contributed by atoms with Crippen LogP contribution in [-0.4, -0.2) is 23.6 Å². The van der Waals surface area contributed by atoms with E-state index in [1.807, 2.05) is 6.07 Å².